The second kappa shape index (κ2) is 5.44. The van der Waals surface area contributed by atoms with Gasteiger partial charge in [0.05, 0.1) is 17.1 Å². The van der Waals surface area contributed by atoms with Crippen LogP contribution in [0.15, 0.2) is 18.2 Å². The Balaban J connectivity index is 2.29. The quantitative estimate of drug-likeness (QED) is 0.666. The molecule has 1 fully saturated rings. The first-order valence-electron chi connectivity index (χ1n) is 6.35. The summed E-state index contributed by atoms with van der Waals surface area (Å²) < 4.78 is 5.50. The first-order chi connectivity index (χ1) is 8.97. The monoisotopic (exact) mass is 266 g/mol. The molecule has 2 rings (SSSR count). The van der Waals surface area contributed by atoms with Crippen LogP contribution in [0.4, 0.5) is 11.4 Å². The summed E-state index contributed by atoms with van der Waals surface area (Å²) >= 11 is 0. The summed E-state index contributed by atoms with van der Waals surface area (Å²) in [6.45, 7) is 4.96. The maximum absolute atomic E-state index is 11.0. The van der Waals surface area contributed by atoms with Gasteiger partial charge >= 0.3 is 5.69 Å². The number of nitro groups is 1. The zero-order valence-electron chi connectivity index (χ0n) is 11.1. The molecule has 1 saturated heterocycles. The minimum absolute atomic E-state index is 0.0304. The molecule has 1 heterocycles. The molecule has 0 saturated carbocycles. The molecule has 1 aliphatic heterocycles. The molecule has 6 nitrogen and oxygen atoms in total. The summed E-state index contributed by atoms with van der Waals surface area (Å²) in [7, 11) is 0. The lowest BCUT2D eigenvalue weighted by molar-refractivity contribution is -0.386. The van der Waals surface area contributed by atoms with Crippen molar-refractivity contribution in [3.8, 4) is 5.75 Å². The van der Waals surface area contributed by atoms with Gasteiger partial charge in [-0.2, -0.15) is 0 Å². The van der Waals surface area contributed by atoms with Crippen molar-refractivity contribution >= 4 is 11.4 Å². The SMILES string of the molecule is CC(C)Oc1cc(N2CC[C@@H](O)C2)ccc1[N+](=O)[O-]. The molecule has 0 radical (unpaired) electrons. The molecule has 19 heavy (non-hydrogen) atoms. The van der Waals surface area contributed by atoms with Crippen LogP contribution in [0, 0.1) is 10.1 Å². The number of ether oxygens (including phenoxy) is 1. The zero-order valence-corrected chi connectivity index (χ0v) is 11.1. The van der Waals surface area contributed by atoms with Crippen molar-refractivity contribution in [2.45, 2.75) is 32.5 Å². The van der Waals surface area contributed by atoms with Crippen molar-refractivity contribution in [3.63, 3.8) is 0 Å². The summed E-state index contributed by atoms with van der Waals surface area (Å²) in [5, 5.41) is 20.5. The van der Waals surface area contributed by atoms with E-state index in [4.69, 9.17) is 4.74 Å². The average Bonchev–Trinajstić information content (AvgIpc) is 2.74. The summed E-state index contributed by atoms with van der Waals surface area (Å²) in [5.41, 5.74) is 0.815. The van der Waals surface area contributed by atoms with Crippen molar-refractivity contribution in [1.29, 1.82) is 0 Å². The number of nitro benzene ring substituents is 1. The number of nitrogens with zero attached hydrogens (tertiary/aromatic N) is 2. The van der Waals surface area contributed by atoms with Gasteiger partial charge in [0.25, 0.3) is 0 Å². The second-order valence-corrected chi connectivity index (χ2v) is 4.96. The Bertz CT molecular complexity index is 476. The average molecular weight is 266 g/mol. The summed E-state index contributed by atoms with van der Waals surface area (Å²) in [4.78, 5) is 12.5. The van der Waals surface area contributed by atoms with Crippen LogP contribution in [0.25, 0.3) is 0 Å². The van der Waals surface area contributed by atoms with E-state index in [2.05, 4.69) is 0 Å². The Morgan fingerprint density at radius 2 is 2.26 bits per heavy atom. The Morgan fingerprint density at radius 1 is 1.53 bits per heavy atom. The maximum atomic E-state index is 11.0. The lowest BCUT2D eigenvalue weighted by atomic mass is 10.2. The summed E-state index contributed by atoms with van der Waals surface area (Å²) in [6, 6.07) is 4.83. The van der Waals surface area contributed by atoms with E-state index in [0.717, 1.165) is 18.7 Å². The highest BCUT2D eigenvalue weighted by Gasteiger charge is 2.23. The Morgan fingerprint density at radius 3 is 2.79 bits per heavy atom. The number of hydrogen-bond donors (Lipinski definition) is 1. The number of hydrogen-bond acceptors (Lipinski definition) is 5. The van der Waals surface area contributed by atoms with E-state index in [1.54, 1.807) is 12.1 Å². The van der Waals surface area contributed by atoms with Gasteiger partial charge in [0.15, 0.2) is 5.75 Å². The van der Waals surface area contributed by atoms with Gasteiger partial charge in [-0.25, -0.2) is 0 Å². The Labute approximate surface area is 111 Å². The number of aliphatic hydroxyl groups excluding tert-OH is 1. The molecule has 1 N–H and O–H groups in total. The molecule has 1 atom stereocenters. The van der Waals surface area contributed by atoms with Crippen LogP contribution >= 0.6 is 0 Å². The standard InChI is InChI=1S/C13H18N2O4/c1-9(2)19-13-7-10(3-4-12(13)15(17)18)14-6-5-11(16)8-14/h3-4,7,9,11,16H,5-6,8H2,1-2H3/t11-/m1/s1. The molecule has 1 aliphatic rings. The van der Waals surface area contributed by atoms with Crippen molar-refractivity contribution in [2.24, 2.45) is 0 Å². The topological polar surface area (TPSA) is 75.8 Å². The highest BCUT2D eigenvalue weighted by atomic mass is 16.6. The Kier molecular flexibility index (Phi) is 3.90. The van der Waals surface area contributed by atoms with Crippen LogP contribution in [0.3, 0.4) is 0 Å². The normalized spacial score (nSPS) is 18.9. The molecule has 6 heteroatoms. The molecule has 0 bridgehead atoms. The van der Waals surface area contributed by atoms with Crippen molar-refractivity contribution in [2.75, 3.05) is 18.0 Å². The molecule has 104 valence electrons. The van der Waals surface area contributed by atoms with Crippen molar-refractivity contribution in [3.05, 3.63) is 28.3 Å². The second-order valence-electron chi connectivity index (χ2n) is 4.96. The zero-order chi connectivity index (χ0) is 14.0. The van der Waals surface area contributed by atoms with E-state index in [0.29, 0.717) is 6.54 Å². The van der Waals surface area contributed by atoms with Crippen LogP contribution < -0.4 is 9.64 Å². The Hall–Kier alpha value is -1.82. The molecule has 0 spiro atoms. The summed E-state index contributed by atoms with van der Waals surface area (Å²) in [6.07, 6.45) is 0.264. The molecular formula is C13H18N2O4. The van der Waals surface area contributed by atoms with Crippen LogP contribution in [-0.4, -0.2) is 35.3 Å². The van der Waals surface area contributed by atoms with Crippen LogP contribution in [0.5, 0.6) is 5.75 Å². The molecule has 1 aromatic carbocycles. The molecule has 0 unspecified atom stereocenters. The summed E-state index contributed by atoms with van der Waals surface area (Å²) in [5.74, 6) is 0.277. The number of rotatable bonds is 4. The van der Waals surface area contributed by atoms with E-state index in [-0.39, 0.29) is 23.6 Å². The number of aliphatic hydroxyl groups is 1. The van der Waals surface area contributed by atoms with E-state index in [1.807, 2.05) is 18.7 Å². The van der Waals surface area contributed by atoms with Gasteiger partial charge < -0.3 is 14.7 Å². The minimum atomic E-state index is -0.444. The van der Waals surface area contributed by atoms with Gasteiger partial charge in [-0.05, 0) is 26.3 Å². The molecule has 1 aromatic rings. The van der Waals surface area contributed by atoms with Gasteiger partial charge in [-0.3, -0.25) is 10.1 Å². The smallest absolute Gasteiger partial charge is 0.311 e. The number of β-amino-alcohol motifs (C(OH)–C–C–N with tert-alkyl or cyclic N) is 1. The van der Waals surface area contributed by atoms with Gasteiger partial charge in [-0.1, -0.05) is 0 Å². The van der Waals surface area contributed by atoms with Gasteiger partial charge in [0, 0.05) is 30.9 Å². The minimum Gasteiger partial charge on any atom is -0.484 e. The highest BCUT2D eigenvalue weighted by Crippen LogP contribution is 2.33. The third kappa shape index (κ3) is 3.14. The fourth-order valence-electron chi connectivity index (χ4n) is 2.18. The van der Waals surface area contributed by atoms with Crippen molar-refractivity contribution in [1.82, 2.24) is 0 Å². The van der Waals surface area contributed by atoms with Gasteiger partial charge in [0.2, 0.25) is 0 Å². The fraction of sp³-hybridized carbons (Fsp3) is 0.538. The highest BCUT2D eigenvalue weighted by molar-refractivity contribution is 5.59. The van der Waals surface area contributed by atoms with Crippen LogP contribution in [0.2, 0.25) is 0 Å². The van der Waals surface area contributed by atoms with E-state index in [9.17, 15) is 15.2 Å². The molecule has 0 aromatic heterocycles. The molecular weight excluding hydrogens is 248 g/mol. The van der Waals surface area contributed by atoms with Gasteiger partial charge in [0.1, 0.15) is 0 Å². The van der Waals surface area contributed by atoms with Gasteiger partial charge in [-0.15, -0.1) is 0 Å². The maximum Gasteiger partial charge on any atom is 0.311 e. The molecule has 0 amide bonds. The van der Waals surface area contributed by atoms with Crippen molar-refractivity contribution < 1.29 is 14.8 Å². The first-order valence-corrected chi connectivity index (χ1v) is 6.35. The molecule has 0 aliphatic carbocycles. The predicted octanol–water partition coefficient (Wildman–Crippen LogP) is 1.95. The number of anilines is 1. The van der Waals surface area contributed by atoms with Crippen LogP contribution in [0.1, 0.15) is 20.3 Å². The van der Waals surface area contributed by atoms with E-state index in [1.165, 1.54) is 6.07 Å². The van der Waals surface area contributed by atoms with E-state index >= 15 is 0 Å². The fourth-order valence-corrected chi connectivity index (χ4v) is 2.18. The first kappa shape index (κ1) is 13.6. The third-order valence-electron chi connectivity index (χ3n) is 3.03. The number of benzene rings is 1. The third-order valence-corrected chi connectivity index (χ3v) is 3.03. The predicted molar refractivity (Wildman–Crippen MR) is 71.7 cm³/mol. The van der Waals surface area contributed by atoms with Crippen LogP contribution in [-0.2, 0) is 0 Å². The lowest BCUT2D eigenvalue weighted by Crippen LogP contribution is -2.21. The largest absolute Gasteiger partial charge is 0.484 e. The van der Waals surface area contributed by atoms with E-state index < -0.39 is 4.92 Å². The lowest BCUT2D eigenvalue weighted by Gasteiger charge is -2.19.